The molecule has 0 aliphatic carbocycles. The summed E-state index contributed by atoms with van der Waals surface area (Å²) < 4.78 is 69.1. The highest BCUT2D eigenvalue weighted by Gasteiger charge is 2.27. The van der Waals surface area contributed by atoms with Crippen LogP contribution in [0, 0.1) is 11.6 Å². The van der Waals surface area contributed by atoms with E-state index in [1.807, 2.05) is 35.7 Å². The first kappa shape index (κ1) is 34.9. The summed E-state index contributed by atoms with van der Waals surface area (Å²) >= 11 is 1.43. The van der Waals surface area contributed by atoms with Crippen molar-refractivity contribution in [2.45, 2.75) is 32.2 Å². The van der Waals surface area contributed by atoms with Gasteiger partial charge >= 0.3 is 0 Å². The predicted molar refractivity (Wildman–Crippen MR) is 192 cm³/mol. The molecule has 0 bridgehead atoms. The number of alkyl halides is 2. The zero-order valence-electron chi connectivity index (χ0n) is 28.2. The Bertz CT molecular complexity index is 2120. The Labute approximate surface area is 297 Å². The monoisotopic (exact) mass is 715 g/mol. The molecule has 264 valence electrons. The second kappa shape index (κ2) is 15.0. The van der Waals surface area contributed by atoms with Crippen molar-refractivity contribution < 1.29 is 31.8 Å². The summed E-state index contributed by atoms with van der Waals surface area (Å²) in [7, 11) is 1.52. The highest BCUT2D eigenvalue weighted by atomic mass is 32.1. The molecule has 0 atom stereocenters. The summed E-state index contributed by atoms with van der Waals surface area (Å²) in [6.45, 7) is 5.76. The van der Waals surface area contributed by atoms with E-state index < -0.39 is 18.1 Å². The van der Waals surface area contributed by atoms with Crippen molar-refractivity contribution in [3.8, 4) is 39.4 Å². The van der Waals surface area contributed by atoms with Gasteiger partial charge in [0.25, 0.3) is 6.43 Å². The molecule has 5 aromatic rings. The molecule has 4 heterocycles. The van der Waals surface area contributed by atoms with E-state index in [0.717, 1.165) is 44.0 Å². The average Bonchev–Trinajstić information content (AvgIpc) is 3.53. The van der Waals surface area contributed by atoms with Crippen LogP contribution in [-0.4, -0.2) is 73.6 Å². The van der Waals surface area contributed by atoms with E-state index in [-0.39, 0.29) is 37.0 Å². The summed E-state index contributed by atoms with van der Waals surface area (Å²) in [4.78, 5) is 21.4. The number of ether oxygens (including phenoxy) is 2. The molecule has 2 aromatic heterocycles. The lowest BCUT2D eigenvalue weighted by Gasteiger charge is -2.28. The van der Waals surface area contributed by atoms with Crippen molar-refractivity contribution in [1.29, 1.82) is 0 Å². The van der Waals surface area contributed by atoms with Crippen LogP contribution in [0.3, 0.4) is 0 Å². The molecule has 6 nitrogen and oxygen atoms in total. The van der Waals surface area contributed by atoms with E-state index >= 15 is 4.39 Å². The Kier molecular flexibility index (Phi) is 10.2. The third-order valence-electron chi connectivity index (χ3n) is 9.67. The molecule has 2 aliphatic rings. The minimum atomic E-state index is -2.39. The molecule has 51 heavy (non-hydrogen) atoms. The van der Waals surface area contributed by atoms with Crippen LogP contribution in [0.4, 0.5) is 17.6 Å². The van der Waals surface area contributed by atoms with Gasteiger partial charge in [0.2, 0.25) is 5.91 Å². The van der Waals surface area contributed by atoms with Crippen LogP contribution >= 0.6 is 11.3 Å². The van der Waals surface area contributed by atoms with Crippen molar-refractivity contribution in [2.24, 2.45) is 0 Å². The third kappa shape index (κ3) is 7.15. The third-order valence-corrected chi connectivity index (χ3v) is 10.6. The summed E-state index contributed by atoms with van der Waals surface area (Å²) in [5, 5.41) is 2.71. The van der Waals surface area contributed by atoms with Crippen LogP contribution in [0.25, 0.3) is 43.7 Å². The molecule has 3 aromatic carbocycles. The number of rotatable bonds is 10. The summed E-state index contributed by atoms with van der Waals surface area (Å²) in [5.41, 5.74) is 7.55. The second-order valence-electron chi connectivity index (χ2n) is 12.8. The number of thiophene rings is 1. The number of fused-ring (bicyclic) bond motifs is 3. The number of benzene rings is 3. The van der Waals surface area contributed by atoms with E-state index in [9.17, 15) is 18.0 Å². The molecule has 0 unspecified atom stereocenters. The summed E-state index contributed by atoms with van der Waals surface area (Å²) in [6, 6.07) is 16.1. The molecule has 11 heteroatoms. The maximum atomic E-state index is 16.2. The maximum absolute atomic E-state index is 16.2. The molecular weight excluding hydrogens is 679 g/mol. The number of nitrogens with zero attached hydrogens (tertiary/aromatic N) is 3. The lowest BCUT2D eigenvalue weighted by molar-refractivity contribution is -0.126. The zero-order chi connectivity index (χ0) is 35.6. The lowest BCUT2D eigenvalue weighted by atomic mass is 9.91. The minimum absolute atomic E-state index is 0.0362. The number of carbonyl (C=O) groups excluding carboxylic acids is 1. The van der Waals surface area contributed by atoms with Crippen LogP contribution in [0.15, 0.2) is 72.6 Å². The first-order valence-electron chi connectivity index (χ1n) is 16.9. The fraction of sp³-hybridized carbons (Fsp3) is 0.300. The summed E-state index contributed by atoms with van der Waals surface area (Å²) in [6.07, 6.45) is 0.898. The van der Waals surface area contributed by atoms with E-state index in [0.29, 0.717) is 68.0 Å². The number of methoxy groups -OCH3 is 1. The minimum Gasteiger partial charge on any atom is -0.490 e. The number of amides is 1. The molecule has 1 amide bonds. The molecule has 0 radical (unpaired) electrons. The van der Waals surface area contributed by atoms with Gasteiger partial charge in [-0.25, -0.2) is 22.5 Å². The number of aromatic nitrogens is 1. The fourth-order valence-corrected chi connectivity index (χ4v) is 8.09. The zero-order valence-corrected chi connectivity index (χ0v) is 29.0. The fourth-order valence-electron chi connectivity index (χ4n) is 7.15. The first-order chi connectivity index (χ1) is 24.7. The van der Waals surface area contributed by atoms with Crippen molar-refractivity contribution >= 4 is 27.3 Å². The van der Waals surface area contributed by atoms with Gasteiger partial charge in [-0.3, -0.25) is 9.69 Å². The van der Waals surface area contributed by atoms with Gasteiger partial charge in [-0.2, -0.15) is 0 Å². The van der Waals surface area contributed by atoms with E-state index in [1.54, 1.807) is 9.80 Å². The molecule has 0 saturated heterocycles. The first-order valence-corrected chi connectivity index (χ1v) is 17.8. The van der Waals surface area contributed by atoms with Crippen LogP contribution < -0.4 is 4.74 Å². The highest BCUT2D eigenvalue weighted by Crippen LogP contribution is 2.47. The number of halogens is 4. The normalized spacial score (nSPS) is 14.7. The van der Waals surface area contributed by atoms with Crippen molar-refractivity contribution in [1.82, 2.24) is 14.8 Å². The standard InChI is InChI=1S/C40H37F4N3O3S/c1-3-35(48)47-14-10-25-5-7-28(19-29(25)22-47)39-37(36-32(42)20-30(41)21-33(36)50-16-15-49-2)40-31(11-17-51-40)38(45-39)27-6-4-24-8-12-46(23-34(43)44)13-9-26(24)18-27/h3-7,11,17-21,34H,1,8-10,12-16,22-23H2,2H3. The molecular formula is C40H37F4N3O3S. The number of pyridine rings is 1. The predicted octanol–water partition coefficient (Wildman–Crippen LogP) is 8.34. The Morgan fingerprint density at radius 3 is 2.35 bits per heavy atom. The SMILES string of the molecule is C=CC(=O)N1CCc2ccc(-c3nc(-c4ccc5c(c4)CCN(CC(F)F)CC5)c4ccsc4c3-c3c(F)cc(F)cc3OCCOC)cc2C1. The van der Waals surface area contributed by atoms with Crippen LogP contribution in [-0.2, 0) is 35.3 Å². The Morgan fingerprint density at radius 1 is 0.902 bits per heavy atom. The number of carbonyl (C=O) groups is 1. The van der Waals surface area contributed by atoms with Gasteiger partial charge in [-0.05, 0) is 71.2 Å². The van der Waals surface area contributed by atoms with Crippen LogP contribution in [0.1, 0.15) is 22.3 Å². The molecule has 0 fully saturated rings. The van der Waals surface area contributed by atoms with E-state index in [1.165, 1.54) is 30.6 Å². The van der Waals surface area contributed by atoms with Gasteiger partial charge < -0.3 is 14.4 Å². The van der Waals surface area contributed by atoms with Crippen LogP contribution in [0.2, 0.25) is 0 Å². The molecule has 2 aliphatic heterocycles. The average molecular weight is 716 g/mol. The molecule has 0 N–H and O–H groups in total. The second-order valence-corrected chi connectivity index (χ2v) is 13.7. The quantitative estimate of drug-likeness (QED) is 0.0827. The Hall–Kier alpha value is -4.58. The van der Waals surface area contributed by atoms with Gasteiger partial charge in [0.05, 0.1) is 30.1 Å². The maximum Gasteiger partial charge on any atom is 0.251 e. The Morgan fingerprint density at radius 2 is 1.61 bits per heavy atom. The van der Waals surface area contributed by atoms with Gasteiger partial charge in [-0.15, -0.1) is 11.3 Å². The van der Waals surface area contributed by atoms with Gasteiger partial charge in [-0.1, -0.05) is 30.8 Å². The topological polar surface area (TPSA) is 54.9 Å². The van der Waals surface area contributed by atoms with Crippen molar-refractivity contribution in [2.75, 3.05) is 46.5 Å². The molecule has 0 saturated carbocycles. The lowest BCUT2D eigenvalue weighted by Crippen LogP contribution is -2.34. The molecule has 0 spiro atoms. The molecule has 7 rings (SSSR count). The van der Waals surface area contributed by atoms with Gasteiger partial charge in [0.15, 0.2) is 0 Å². The van der Waals surface area contributed by atoms with E-state index in [2.05, 4.69) is 18.7 Å². The highest BCUT2D eigenvalue weighted by molar-refractivity contribution is 7.18. The number of hydrogen-bond acceptors (Lipinski definition) is 6. The van der Waals surface area contributed by atoms with Crippen LogP contribution in [0.5, 0.6) is 5.75 Å². The largest absolute Gasteiger partial charge is 0.490 e. The van der Waals surface area contributed by atoms with Gasteiger partial charge in [0.1, 0.15) is 24.0 Å². The van der Waals surface area contributed by atoms with Gasteiger partial charge in [0, 0.05) is 72.2 Å². The smallest absolute Gasteiger partial charge is 0.251 e. The van der Waals surface area contributed by atoms with Crippen molar-refractivity contribution in [3.63, 3.8) is 0 Å². The number of hydrogen-bond donors (Lipinski definition) is 0. The summed E-state index contributed by atoms with van der Waals surface area (Å²) in [5.74, 6) is -1.67. The van der Waals surface area contributed by atoms with Crippen molar-refractivity contribution in [3.05, 3.63) is 107 Å². The Balaban J connectivity index is 1.42. The van der Waals surface area contributed by atoms with E-state index in [4.69, 9.17) is 14.5 Å².